The molecule has 6 nitrogen and oxygen atoms in total. The summed E-state index contributed by atoms with van der Waals surface area (Å²) >= 11 is 0. The zero-order chi connectivity index (χ0) is 14.1. The first kappa shape index (κ1) is 15.2. The Bertz CT molecular complexity index is 511. The lowest BCUT2D eigenvalue weighted by molar-refractivity contribution is 0.260. The summed E-state index contributed by atoms with van der Waals surface area (Å²) in [5, 5.41) is 2.63. The van der Waals surface area contributed by atoms with Gasteiger partial charge in [0, 0.05) is 25.4 Å². The standard InChI is InChI=1S/C11H22N2O4S2/c1-18(14,15)9-19(16,17)13-6-2-3-10(8-13)7-12-11-4-5-11/h10-12H,2-9H2,1H3. The number of sulfone groups is 1. The molecule has 2 rings (SSSR count). The highest BCUT2D eigenvalue weighted by atomic mass is 32.3. The summed E-state index contributed by atoms with van der Waals surface area (Å²) in [5.41, 5.74) is 0. The van der Waals surface area contributed by atoms with Crippen LogP contribution in [-0.4, -0.2) is 58.2 Å². The van der Waals surface area contributed by atoms with Crippen LogP contribution in [0.1, 0.15) is 25.7 Å². The molecule has 2 aliphatic rings. The minimum Gasteiger partial charge on any atom is -0.314 e. The summed E-state index contributed by atoms with van der Waals surface area (Å²) in [6, 6.07) is 0.614. The van der Waals surface area contributed by atoms with Crippen molar-refractivity contribution >= 4 is 19.9 Å². The molecule has 1 heterocycles. The molecule has 112 valence electrons. The minimum atomic E-state index is -3.68. The Morgan fingerprint density at radius 3 is 2.42 bits per heavy atom. The van der Waals surface area contributed by atoms with Crippen LogP contribution in [0.25, 0.3) is 0 Å². The third kappa shape index (κ3) is 5.02. The second kappa shape index (κ2) is 5.67. The first-order chi connectivity index (χ1) is 8.76. The zero-order valence-electron chi connectivity index (χ0n) is 11.2. The van der Waals surface area contributed by atoms with Crippen molar-refractivity contribution in [1.29, 1.82) is 0 Å². The van der Waals surface area contributed by atoms with Crippen LogP contribution in [0, 0.1) is 5.92 Å². The van der Waals surface area contributed by atoms with Gasteiger partial charge in [-0.1, -0.05) is 0 Å². The predicted octanol–water partition coefficient (Wildman–Crippen LogP) is -0.218. The molecule has 0 spiro atoms. The van der Waals surface area contributed by atoms with Crippen molar-refractivity contribution in [3.05, 3.63) is 0 Å². The number of hydrogen-bond acceptors (Lipinski definition) is 5. The average molecular weight is 310 g/mol. The summed E-state index contributed by atoms with van der Waals surface area (Å²) in [6.45, 7) is 1.71. The number of rotatable bonds is 6. The smallest absolute Gasteiger partial charge is 0.228 e. The Labute approximate surface area is 115 Å². The fraction of sp³-hybridized carbons (Fsp3) is 1.00. The van der Waals surface area contributed by atoms with Crippen molar-refractivity contribution in [2.75, 3.05) is 31.0 Å². The Kier molecular flexibility index (Phi) is 4.54. The topological polar surface area (TPSA) is 83.5 Å². The van der Waals surface area contributed by atoms with Crippen molar-refractivity contribution in [3.63, 3.8) is 0 Å². The highest BCUT2D eigenvalue weighted by Gasteiger charge is 2.32. The summed E-state index contributed by atoms with van der Waals surface area (Å²) in [6.07, 6.45) is 5.19. The van der Waals surface area contributed by atoms with Crippen LogP contribution >= 0.6 is 0 Å². The minimum absolute atomic E-state index is 0.295. The van der Waals surface area contributed by atoms with Gasteiger partial charge in [0.15, 0.2) is 14.9 Å². The van der Waals surface area contributed by atoms with Crippen LogP contribution in [0.5, 0.6) is 0 Å². The largest absolute Gasteiger partial charge is 0.314 e. The van der Waals surface area contributed by atoms with E-state index < -0.39 is 24.9 Å². The van der Waals surface area contributed by atoms with Gasteiger partial charge >= 0.3 is 0 Å². The Hall–Kier alpha value is -0.180. The first-order valence-corrected chi connectivity index (χ1v) is 10.3. The van der Waals surface area contributed by atoms with E-state index in [0.717, 1.165) is 25.6 Å². The number of hydrogen-bond donors (Lipinski definition) is 1. The van der Waals surface area contributed by atoms with E-state index in [1.807, 2.05) is 0 Å². The number of sulfonamides is 1. The third-order valence-electron chi connectivity index (χ3n) is 3.51. The van der Waals surface area contributed by atoms with Crippen LogP contribution in [-0.2, 0) is 19.9 Å². The van der Waals surface area contributed by atoms with Crippen LogP contribution in [0.4, 0.5) is 0 Å². The number of piperidine rings is 1. The maximum absolute atomic E-state index is 12.0. The van der Waals surface area contributed by atoms with E-state index in [2.05, 4.69) is 5.32 Å². The van der Waals surface area contributed by atoms with Crippen LogP contribution < -0.4 is 5.32 Å². The average Bonchev–Trinajstić information content (AvgIpc) is 3.07. The summed E-state index contributed by atoms with van der Waals surface area (Å²) in [4.78, 5) is 0. The Balaban J connectivity index is 1.91. The maximum Gasteiger partial charge on any atom is 0.228 e. The molecule has 0 amide bonds. The highest BCUT2D eigenvalue weighted by molar-refractivity contribution is 8.06. The van der Waals surface area contributed by atoms with Crippen molar-refractivity contribution in [3.8, 4) is 0 Å². The van der Waals surface area contributed by atoms with E-state index in [9.17, 15) is 16.8 Å². The summed E-state index contributed by atoms with van der Waals surface area (Å²) < 4.78 is 47.7. The van der Waals surface area contributed by atoms with Gasteiger partial charge in [0.05, 0.1) is 0 Å². The van der Waals surface area contributed by atoms with Crippen molar-refractivity contribution in [2.45, 2.75) is 31.7 Å². The first-order valence-electron chi connectivity index (χ1n) is 6.65. The van der Waals surface area contributed by atoms with Crippen molar-refractivity contribution in [2.24, 2.45) is 5.92 Å². The molecular formula is C11H22N2O4S2. The van der Waals surface area contributed by atoms with E-state index in [0.29, 0.717) is 25.0 Å². The Morgan fingerprint density at radius 2 is 1.84 bits per heavy atom. The van der Waals surface area contributed by atoms with Crippen LogP contribution in [0.2, 0.25) is 0 Å². The maximum atomic E-state index is 12.0. The van der Waals surface area contributed by atoms with Gasteiger partial charge in [-0.25, -0.2) is 21.1 Å². The van der Waals surface area contributed by atoms with Gasteiger partial charge in [-0.2, -0.15) is 0 Å². The molecule has 1 aliphatic heterocycles. The highest BCUT2D eigenvalue weighted by Crippen LogP contribution is 2.22. The van der Waals surface area contributed by atoms with Gasteiger partial charge in [-0.15, -0.1) is 0 Å². The van der Waals surface area contributed by atoms with E-state index >= 15 is 0 Å². The molecular weight excluding hydrogens is 288 g/mol. The molecule has 0 aromatic carbocycles. The van der Waals surface area contributed by atoms with E-state index in [1.54, 1.807) is 0 Å². The predicted molar refractivity (Wildman–Crippen MR) is 74.0 cm³/mol. The van der Waals surface area contributed by atoms with Crippen molar-refractivity contribution < 1.29 is 16.8 Å². The quantitative estimate of drug-likeness (QED) is 0.733. The van der Waals surface area contributed by atoms with Gasteiger partial charge < -0.3 is 5.32 Å². The number of nitrogens with one attached hydrogen (secondary N) is 1. The van der Waals surface area contributed by atoms with Crippen molar-refractivity contribution in [1.82, 2.24) is 9.62 Å². The van der Waals surface area contributed by atoms with E-state index in [-0.39, 0.29) is 0 Å². The van der Waals surface area contributed by atoms with Gasteiger partial charge in [0.2, 0.25) is 10.0 Å². The Morgan fingerprint density at radius 1 is 1.16 bits per heavy atom. The molecule has 1 unspecified atom stereocenters. The molecule has 1 N–H and O–H groups in total. The molecule has 1 saturated carbocycles. The normalized spacial score (nSPS) is 26.5. The third-order valence-corrected chi connectivity index (χ3v) is 7.53. The fourth-order valence-electron chi connectivity index (χ4n) is 2.41. The van der Waals surface area contributed by atoms with Gasteiger partial charge in [0.25, 0.3) is 0 Å². The summed E-state index contributed by atoms with van der Waals surface area (Å²) in [5.74, 6) is 0.295. The second-order valence-corrected chi connectivity index (χ2v) is 10.2. The van der Waals surface area contributed by atoms with E-state index in [4.69, 9.17) is 0 Å². The van der Waals surface area contributed by atoms with Crippen LogP contribution in [0.15, 0.2) is 0 Å². The lowest BCUT2D eigenvalue weighted by Gasteiger charge is -2.31. The zero-order valence-corrected chi connectivity index (χ0v) is 12.8. The summed E-state index contributed by atoms with van der Waals surface area (Å²) in [7, 11) is -7.19. The lowest BCUT2D eigenvalue weighted by Crippen LogP contribution is -2.44. The molecule has 0 bridgehead atoms. The molecule has 8 heteroatoms. The monoisotopic (exact) mass is 310 g/mol. The van der Waals surface area contributed by atoms with Crippen LogP contribution in [0.3, 0.4) is 0 Å². The molecule has 1 atom stereocenters. The SMILES string of the molecule is CS(=O)(=O)CS(=O)(=O)N1CCCC(CNC2CC2)C1. The molecule has 0 aromatic heterocycles. The second-order valence-electron chi connectivity index (χ2n) is 5.70. The van der Waals surface area contributed by atoms with Gasteiger partial charge in [0.1, 0.15) is 0 Å². The lowest BCUT2D eigenvalue weighted by atomic mass is 10.00. The van der Waals surface area contributed by atoms with E-state index in [1.165, 1.54) is 17.1 Å². The van der Waals surface area contributed by atoms with Gasteiger partial charge in [-0.3, -0.25) is 0 Å². The fourth-order valence-corrected chi connectivity index (χ4v) is 6.02. The molecule has 1 saturated heterocycles. The van der Waals surface area contributed by atoms with Gasteiger partial charge in [-0.05, 0) is 38.1 Å². The number of nitrogens with zero attached hydrogens (tertiary/aromatic N) is 1. The molecule has 0 radical (unpaired) electrons. The molecule has 1 aliphatic carbocycles. The molecule has 0 aromatic rings. The molecule has 2 fully saturated rings. The molecule has 19 heavy (non-hydrogen) atoms.